The zero-order valence-corrected chi connectivity index (χ0v) is 13.5. The van der Waals surface area contributed by atoms with E-state index in [-0.39, 0.29) is 0 Å². The van der Waals surface area contributed by atoms with E-state index in [1.165, 1.54) is 0 Å². The topological polar surface area (TPSA) is 72.5 Å². The summed E-state index contributed by atoms with van der Waals surface area (Å²) in [6, 6.07) is 4.08. The molecule has 1 aromatic heterocycles. The number of nitrogens with one attached hydrogen (secondary N) is 2. The molecule has 0 radical (unpaired) electrons. The Hall–Kier alpha value is -1.82. The van der Waals surface area contributed by atoms with Crippen LogP contribution in [0.4, 0.5) is 16.3 Å². The first-order valence-corrected chi connectivity index (χ1v) is 7.73. The number of hydrogen-bond acceptors (Lipinski definition) is 5. The van der Waals surface area contributed by atoms with Gasteiger partial charge in [-0.05, 0) is 52.2 Å². The quantitative estimate of drug-likeness (QED) is 0.895. The van der Waals surface area contributed by atoms with E-state index in [9.17, 15) is 4.79 Å². The van der Waals surface area contributed by atoms with Gasteiger partial charge in [0.1, 0.15) is 11.4 Å². The van der Waals surface area contributed by atoms with E-state index >= 15 is 0 Å². The van der Waals surface area contributed by atoms with Crippen molar-refractivity contribution in [1.29, 1.82) is 0 Å². The lowest BCUT2D eigenvalue weighted by Gasteiger charge is -2.19. The fourth-order valence-corrected chi connectivity index (χ4v) is 2.25. The molecule has 1 amide bonds. The number of ether oxygens (including phenoxy) is 2. The van der Waals surface area contributed by atoms with E-state index in [4.69, 9.17) is 9.47 Å². The van der Waals surface area contributed by atoms with Gasteiger partial charge in [0.2, 0.25) is 0 Å². The second-order valence-electron chi connectivity index (χ2n) is 6.44. The summed E-state index contributed by atoms with van der Waals surface area (Å²) in [5.74, 6) is 0.476. The molecule has 2 rings (SSSR count). The summed E-state index contributed by atoms with van der Waals surface area (Å²) in [5, 5.41) is 6.07. The van der Waals surface area contributed by atoms with Gasteiger partial charge >= 0.3 is 6.09 Å². The largest absolute Gasteiger partial charge is 0.444 e. The van der Waals surface area contributed by atoms with Crippen LogP contribution in [-0.4, -0.2) is 35.9 Å². The Morgan fingerprint density at radius 3 is 2.82 bits per heavy atom. The van der Waals surface area contributed by atoms with E-state index < -0.39 is 11.7 Å². The maximum absolute atomic E-state index is 11.7. The maximum atomic E-state index is 11.7. The van der Waals surface area contributed by atoms with Gasteiger partial charge in [0.25, 0.3) is 0 Å². The van der Waals surface area contributed by atoms with E-state index in [0.29, 0.717) is 11.9 Å². The highest BCUT2D eigenvalue weighted by molar-refractivity contribution is 5.83. The van der Waals surface area contributed by atoms with Crippen LogP contribution in [0.1, 0.15) is 40.0 Å². The fraction of sp³-hybridized carbons (Fsp3) is 0.625. The molecule has 22 heavy (non-hydrogen) atoms. The van der Waals surface area contributed by atoms with Crippen molar-refractivity contribution in [3.63, 3.8) is 0 Å². The van der Waals surface area contributed by atoms with Crippen molar-refractivity contribution in [2.24, 2.45) is 0 Å². The Kier molecular flexibility index (Phi) is 5.60. The molecule has 1 aliphatic rings. The van der Waals surface area contributed by atoms with E-state index in [1.54, 1.807) is 12.3 Å². The summed E-state index contributed by atoms with van der Waals surface area (Å²) in [5.41, 5.74) is 0.425. The molecule has 1 aromatic rings. The lowest BCUT2D eigenvalue weighted by molar-refractivity contribution is 0.0635. The van der Waals surface area contributed by atoms with Crippen LogP contribution in [0.5, 0.6) is 0 Å². The number of carbonyl (C=O) groups is 1. The molecule has 0 saturated carbocycles. The molecule has 122 valence electrons. The molecule has 6 heteroatoms. The number of amides is 1. The molecule has 0 spiro atoms. The first-order valence-electron chi connectivity index (χ1n) is 7.73. The zero-order valence-electron chi connectivity index (χ0n) is 13.5. The van der Waals surface area contributed by atoms with Gasteiger partial charge < -0.3 is 14.8 Å². The van der Waals surface area contributed by atoms with Gasteiger partial charge in [0, 0.05) is 19.3 Å². The highest BCUT2D eigenvalue weighted by Gasteiger charge is 2.16. The SMILES string of the molecule is CC(C)(C)OC(=O)Nc1ccc(NC2CCCOCC2)cn1. The molecule has 1 atom stereocenters. The average molecular weight is 307 g/mol. The van der Waals surface area contributed by atoms with Crippen molar-refractivity contribution >= 4 is 17.6 Å². The minimum absolute atomic E-state index is 0.411. The molecular weight excluding hydrogens is 282 g/mol. The molecule has 0 aromatic carbocycles. The molecule has 1 saturated heterocycles. The summed E-state index contributed by atoms with van der Waals surface area (Å²) >= 11 is 0. The lowest BCUT2D eigenvalue weighted by atomic mass is 10.1. The van der Waals surface area contributed by atoms with E-state index in [1.807, 2.05) is 26.8 Å². The number of nitrogens with zero attached hydrogens (tertiary/aromatic N) is 1. The Balaban J connectivity index is 1.85. The van der Waals surface area contributed by atoms with Crippen molar-refractivity contribution in [2.75, 3.05) is 23.8 Å². The van der Waals surface area contributed by atoms with Gasteiger partial charge in [0.15, 0.2) is 0 Å². The average Bonchev–Trinajstić information content (AvgIpc) is 2.67. The molecule has 2 N–H and O–H groups in total. The minimum atomic E-state index is -0.521. The third kappa shape index (κ3) is 5.89. The van der Waals surface area contributed by atoms with Gasteiger partial charge in [-0.2, -0.15) is 0 Å². The minimum Gasteiger partial charge on any atom is -0.444 e. The second kappa shape index (κ2) is 7.45. The van der Waals surface area contributed by atoms with Crippen LogP contribution in [0, 0.1) is 0 Å². The van der Waals surface area contributed by atoms with Crippen LogP contribution in [0.2, 0.25) is 0 Å². The number of anilines is 2. The summed E-state index contributed by atoms with van der Waals surface area (Å²) < 4.78 is 10.6. The normalized spacial score (nSPS) is 19.1. The summed E-state index contributed by atoms with van der Waals surface area (Å²) in [4.78, 5) is 15.9. The van der Waals surface area contributed by atoms with Gasteiger partial charge in [-0.25, -0.2) is 9.78 Å². The summed E-state index contributed by atoms with van der Waals surface area (Å²) in [6.45, 7) is 7.11. The monoisotopic (exact) mass is 307 g/mol. The molecule has 1 fully saturated rings. The van der Waals surface area contributed by atoms with Gasteiger partial charge in [0.05, 0.1) is 11.9 Å². The van der Waals surface area contributed by atoms with E-state index in [0.717, 1.165) is 38.2 Å². The Morgan fingerprint density at radius 1 is 1.32 bits per heavy atom. The van der Waals surface area contributed by atoms with Crippen molar-refractivity contribution in [1.82, 2.24) is 4.98 Å². The third-order valence-electron chi connectivity index (χ3n) is 3.22. The zero-order chi connectivity index (χ0) is 16.0. The fourth-order valence-electron chi connectivity index (χ4n) is 2.25. The standard InChI is InChI=1S/C16H25N3O3/c1-16(2,3)22-15(20)19-14-7-6-13(11-17-14)18-12-5-4-9-21-10-8-12/h6-7,11-12,18H,4-5,8-10H2,1-3H3,(H,17,19,20). The predicted molar refractivity (Wildman–Crippen MR) is 86.2 cm³/mol. The van der Waals surface area contributed by atoms with Crippen LogP contribution >= 0.6 is 0 Å². The highest BCUT2D eigenvalue weighted by atomic mass is 16.6. The molecule has 2 heterocycles. The Bertz CT molecular complexity index is 474. The Morgan fingerprint density at radius 2 is 2.14 bits per heavy atom. The van der Waals surface area contributed by atoms with E-state index in [2.05, 4.69) is 15.6 Å². The Labute approximate surface area is 131 Å². The molecule has 1 aliphatic heterocycles. The highest BCUT2D eigenvalue weighted by Crippen LogP contribution is 2.17. The maximum Gasteiger partial charge on any atom is 0.413 e. The first kappa shape index (κ1) is 16.5. The van der Waals surface area contributed by atoms with Gasteiger partial charge in [-0.3, -0.25) is 5.32 Å². The molecule has 0 aliphatic carbocycles. The lowest BCUT2D eigenvalue weighted by Crippen LogP contribution is -2.27. The van der Waals surface area contributed by atoms with Gasteiger partial charge in [-0.15, -0.1) is 0 Å². The van der Waals surface area contributed by atoms with Crippen molar-refractivity contribution < 1.29 is 14.3 Å². The van der Waals surface area contributed by atoms with Crippen LogP contribution in [0.15, 0.2) is 18.3 Å². The second-order valence-corrected chi connectivity index (χ2v) is 6.44. The molecule has 1 unspecified atom stereocenters. The molecular formula is C16H25N3O3. The number of pyridine rings is 1. The number of rotatable bonds is 3. The third-order valence-corrected chi connectivity index (χ3v) is 3.22. The van der Waals surface area contributed by atoms with Gasteiger partial charge in [-0.1, -0.05) is 0 Å². The van der Waals surface area contributed by atoms with Crippen molar-refractivity contribution in [3.05, 3.63) is 18.3 Å². The first-order chi connectivity index (χ1) is 10.4. The van der Waals surface area contributed by atoms with Crippen LogP contribution < -0.4 is 10.6 Å². The van der Waals surface area contributed by atoms with Crippen molar-refractivity contribution in [2.45, 2.75) is 51.7 Å². The molecule has 6 nitrogen and oxygen atoms in total. The number of aromatic nitrogens is 1. The van der Waals surface area contributed by atoms with Crippen molar-refractivity contribution in [3.8, 4) is 0 Å². The van der Waals surface area contributed by atoms with Crippen LogP contribution in [0.3, 0.4) is 0 Å². The van der Waals surface area contributed by atoms with Crippen LogP contribution in [-0.2, 0) is 9.47 Å². The summed E-state index contributed by atoms with van der Waals surface area (Å²) in [7, 11) is 0. The molecule has 0 bridgehead atoms. The smallest absolute Gasteiger partial charge is 0.413 e. The summed E-state index contributed by atoms with van der Waals surface area (Å²) in [6.07, 6.45) is 4.39. The number of hydrogen-bond donors (Lipinski definition) is 2. The number of carbonyl (C=O) groups excluding carboxylic acids is 1. The predicted octanol–water partition coefficient (Wildman–Crippen LogP) is 3.41. The van der Waals surface area contributed by atoms with Crippen LogP contribution in [0.25, 0.3) is 0 Å².